The molecule has 47 heavy (non-hydrogen) atoms. The first-order valence-corrected chi connectivity index (χ1v) is 15.0. The Hall–Kier alpha value is -5.36. The predicted octanol–water partition coefficient (Wildman–Crippen LogP) is 3.32. The quantitative estimate of drug-likeness (QED) is 0.105. The summed E-state index contributed by atoms with van der Waals surface area (Å²) >= 11 is 0. The van der Waals surface area contributed by atoms with Crippen molar-refractivity contribution >= 4 is 23.6 Å². The molecule has 1 heterocycles. The number of hydrogen-bond acceptors (Lipinski definition) is 9. The number of aliphatic hydroxyl groups excluding tert-OH is 1. The van der Waals surface area contributed by atoms with Gasteiger partial charge in [-0.1, -0.05) is 48.5 Å². The number of fused-ring (bicyclic) bond motifs is 1. The Morgan fingerprint density at radius 2 is 1.62 bits per heavy atom. The van der Waals surface area contributed by atoms with E-state index in [1.807, 2.05) is 0 Å². The Bertz CT molecular complexity index is 1640. The predicted molar refractivity (Wildman–Crippen MR) is 171 cm³/mol. The summed E-state index contributed by atoms with van der Waals surface area (Å²) in [5, 5.41) is 35.6. The van der Waals surface area contributed by atoms with Crippen LogP contribution in [0.5, 0.6) is 23.0 Å². The number of amides is 2. The van der Waals surface area contributed by atoms with Crippen molar-refractivity contribution in [2.75, 3.05) is 33.9 Å². The molecule has 0 bridgehead atoms. The van der Waals surface area contributed by atoms with Gasteiger partial charge in [0.2, 0.25) is 17.4 Å². The van der Waals surface area contributed by atoms with Crippen LogP contribution >= 0.6 is 0 Å². The van der Waals surface area contributed by atoms with Gasteiger partial charge < -0.3 is 40.2 Å². The minimum Gasteiger partial charge on any atom is -0.508 e. The maximum atomic E-state index is 14.6. The second-order valence-electron chi connectivity index (χ2n) is 10.9. The van der Waals surface area contributed by atoms with Crippen LogP contribution in [0.3, 0.4) is 0 Å². The normalized spacial score (nSPS) is 19.1. The van der Waals surface area contributed by atoms with Crippen LogP contribution in [0.1, 0.15) is 47.2 Å². The third kappa shape index (κ3) is 7.23. The van der Waals surface area contributed by atoms with Gasteiger partial charge in [-0.25, -0.2) is 4.79 Å². The number of phenols is 1. The molecule has 0 unspecified atom stereocenters. The average molecular weight is 647 g/mol. The topological polar surface area (TPSA) is 181 Å². The van der Waals surface area contributed by atoms with Crippen molar-refractivity contribution in [2.45, 2.75) is 31.3 Å². The summed E-state index contributed by atoms with van der Waals surface area (Å²) in [6, 6.07) is 16.5. The van der Waals surface area contributed by atoms with E-state index < -0.39 is 35.1 Å². The number of unbranched alkanes of at least 4 members (excludes halogenated alkanes) is 1. The highest BCUT2D eigenvalue weighted by atomic mass is 16.5. The van der Waals surface area contributed by atoms with Crippen LogP contribution in [0.2, 0.25) is 0 Å². The van der Waals surface area contributed by atoms with Crippen molar-refractivity contribution in [2.24, 2.45) is 5.92 Å². The standard InChI is InChI=1S/C35H38N2O10/c1-21(15-18-38)32(41)36-16-7-8-17-37-33(42)29-30(22-9-5-4-6-10-22)35(34(43)44,23-11-13-24(39)14-12-23)47-27-20-25(45-2)19-26(46-3)28(27)31(29)40/h4-6,9-15,19-20,29-30,38-39H,7-8,16-18H2,1-3H3,(H,36,41)(H,37,42)(H,43,44)/t29-,30-,35-/m1/s1. The van der Waals surface area contributed by atoms with Gasteiger partial charge in [0.05, 0.1) is 26.7 Å². The van der Waals surface area contributed by atoms with Gasteiger partial charge in [0.15, 0.2) is 5.78 Å². The average Bonchev–Trinajstić information content (AvgIpc) is 3.19. The molecule has 3 aromatic carbocycles. The van der Waals surface area contributed by atoms with Crippen molar-refractivity contribution in [1.29, 1.82) is 0 Å². The molecule has 248 valence electrons. The lowest BCUT2D eigenvalue weighted by molar-refractivity contribution is -0.160. The number of ether oxygens (including phenoxy) is 3. The van der Waals surface area contributed by atoms with Gasteiger partial charge in [0, 0.05) is 36.4 Å². The van der Waals surface area contributed by atoms with E-state index in [1.54, 1.807) is 37.3 Å². The molecule has 0 fully saturated rings. The number of ketones is 1. The van der Waals surface area contributed by atoms with Gasteiger partial charge in [-0.05, 0) is 37.5 Å². The summed E-state index contributed by atoms with van der Waals surface area (Å²) in [5.74, 6) is -6.27. The zero-order valence-corrected chi connectivity index (χ0v) is 26.3. The maximum Gasteiger partial charge on any atom is 0.353 e. The van der Waals surface area contributed by atoms with Gasteiger partial charge >= 0.3 is 5.97 Å². The highest BCUT2D eigenvalue weighted by Gasteiger charge is 2.60. The van der Waals surface area contributed by atoms with Crippen molar-refractivity contribution < 1.29 is 48.7 Å². The highest BCUT2D eigenvalue weighted by molar-refractivity contribution is 6.15. The van der Waals surface area contributed by atoms with Gasteiger partial charge in [0.25, 0.3) is 0 Å². The molecule has 1 aliphatic heterocycles. The van der Waals surface area contributed by atoms with Crippen LogP contribution in [0.15, 0.2) is 78.4 Å². The SMILES string of the molecule is COc1cc(OC)c2c(c1)O[C@](C(=O)O)(c1ccc(O)cc1)[C@H](c1ccccc1)[C@@H](C(=O)NCCCCNC(=O)C(C)=CCO)C2=O. The number of phenolic OH excluding ortho intramolecular Hbond substituents is 1. The summed E-state index contributed by atoms with van der Waals surface area (Å²) in [4.78, 5) is 54.5. The third-order valence-electron chi connectivity index (χ3n) is 8.07. The molecule has 0 aliphatic carbocycles. The molecular weight excluding hydrogens is 608 g/mol. The lowest BCUT2D eigenvalue weighted by atomic mass is 9.68. The molecule has 5 N–H and O–H groups in total. The summed E-state index contributed by atoms with van der Waals surface area (Å²) in [5.41, 5.74) is -1.65. The van der Waals surface area contributed by atoms with E-state index in [0.717, 1.165) is 0 Å². The molecule has 3 atom stereocenters. The van der Waals surface area contributed by atoms with E-state index in [-0.39, 0.29) is 53.2 Å². The number of carbonyl (C=O) groups excluding carboxylic acids is 3. The molecule has 3 aromatic rings. The van der Waals surface area contributed by atoms with Crippen molar-refractivity contribution in [3.8, 4) is 23.0 Å². The fraction of sp³-hybridized carbons (Fsp3) is 0.314. The van der Waals surface area contributed by atoms with Crippen LogP contribution < -0.4 is 24.8 Å². The second kappa shape index (κ2) is 15.3. The Morgan fingerprint density at radius 1 is 0.957 bits per heavy atom. The molecule has 0 radical (unpaired) electrons. The number of carboxylic acids is 1. The number of benzene rings is 3. The molecule has 12 nitrogen and oxygen atoms in total. The Kier molecular flexibility index (Phi) is 11.2. The molecule has 12 heteroatoms. The largest absolute Gasteiger partial charge is 0.508 e. The molecule has 0 saturated carbocycles. The Balaban J connectivity index is 1.80. The maximum absolute atomic E-state index is 14.6. The number of Topliss-reactive ketones (excluding diaryl/α,β-unsaturated/α-hetero) is 1. The van der Waals surface area contributed by atoms with Crippen LogP contribution in [0, 0.1) is 5.92 Å². The molecule has 2 amide bonds. The first-order chi connectivity index (χ1) is 22.6. The number of rotatable bonds is 13. The highest BCUT2D eigenvalue weighted by Crippen LogP contribution is 2.52. The monoisotopic (exact) mass is 646 g/mol. The lowest BCUT2D eigenvalue weighted by Gasteiger charge is -2.39. The number of hydrogen-bond donors (Lipinski definition) is 5. The Morgan fingerprint density at radius 3 is 2.21 bits per heavy atom. The molecule has 1 aliphatic rings. The zero-order valence-electron chi connectivity index (χ0n) is 26.3. The number of methoxy groups -OCH3 is 2. The minimum absolute atomic E-state index is 0.0298. The molecule has 0 saturated heterocycles. The number of carbonyl (C=O) groups is 4. The first kappa shape index (κ1) is 34.5. The number of nitrogens with one attached hydrogen (secondary N) is 2. The summed E-state index contributed by atoms with van der Waals surface area (Å²) < 4.78 is 17.4. The lowest BCUT2D eigenvalue weighted by Crippen LogP contribution is -2.52. The fourth-order valence-electron chi connectivity index (χ4n) is 5.69. The van der Waals surface area contributed by atoms with Crippen molar-refractivity contribution in [1.82, 2.24) is 10.6 Å². The van der Waals surface area contributed by atoms with Crippen LogP contribution in [-0.2, 0) is 20.0 Å². The van der Waals surface area contributed by atoms with Crippen molar-refractivity contribution in [3.05, 3.63) is 95.1 Å². The number of aromatic hydroxyl groups is 1. The Labute approximate surface area is 272 Å². The van der Waals surface area contributed by atoms with E-state index in [4.69, 9.17) is 19.3 Å². The minimum atomic E-state index is -2.35. The number of aliphatic carboxylic acids is 1. The van der Waals surface area contributed by atoms with E-state index in [2.05, 4.69) is 10.6 Å². The van der Waals surface area contributed by atoms with E-state index >= 15 is 0 Å². The van der Waals surface area contributed by atoms with E-state index in [0.29, 0.717) is 30.5 Å². The van der Waals surface area contributed by atoms with Crippen LogP contribution in [0.25, 0.3) is 0 Å². The van der Waals surface area contributed by atoms with Gasteiger partial charge in [0.1, 0.15) is 34.5 Å². The van der Waals surface area contributed by atoms with Gasteiger partial charge in [-0.15, -0.1) is 0 Å². The molecule has 4 rings (SSSR count). The van der Waals surface area contributed by atoms with Crippen LogP contribution in [-0.4, -0.2) is 72.8 Å². The molecule has 0 aromatic heterocycles. The smallest absolute Gasteiger partial charge is 0.353 e. The first-order valence-electron chi connectivity index (χ1n) is 15.0. The number of carboxylic acid groups (broad SMARTS) is 1. The van der Waals surface area contributed by atoms with E-state index in [9.17, 15) is 29.4 Å². The van der Waals surface area contributed by atoms with Crippen LogP contribution in [0.4, 0.5) is 0 Å². The molecule has 0 spiro atoms. The summed E-state index contributed by atoms with van der Waals surface area (Å²) in [7, 11) is 2.73. The number of aliphatic hydroxyl groups is 1. The van der Waals surface area contributed by atoms with Crippen molar-refractivity contribution in [3.63, 3.8) is 0 Å². The molecular formula is C35H38N2O10. The van der Waals surface area contributed by atoms with Gasteiger partial charge in [-0.3, -0.25) is 14.4 Å². The summed E-state index contributed by atoms with van der Waals surface area (Å²) in [6.07, 6.45) is 2.32. The summed E-state index contributed by atoms with van der Waals surface area (Å²) in [6.45, 7) is 1.77. The van der Waals surface area contributed by atoms with E-state index in [1.165, 1.54) is 56.7 Å². The second-order valence-corrected chi connectivity index (χ2v) is 10.9. The third-order valence-corrected chi connectivity index (χ3v) is 8.07. The van der Waals surface area contributed by atoms with Gasteiger partial charge in [-0.2, -0.15) is 0 Å². The zero-order chi connectivity index (χ0) is 34.1. The fourth-order valence-corrected chi connectivity index (χ4v) is 5.69.